The van der Waals surface area contributed by atoms with Crippen molar-refractivity contribution in [1.29, 1.82) is 5.26 Å². The third kappa shape index (κ3) is 3.49. The Morgan fingerprint density at radius 1 is 1.14 bits per heavy atom. The lowest BCUT2D eigenvalue weighted by Gasteiger charge is -2.07. The van der Waals surface area contributed by atoms with Crippen LogP contribution in [0.3, 0.4) is 0 Å². The molecule has 0 aliphatic carbocycles. The van der Waals surface area contributed by atoms with E-state index in [4.69, 9.17) is 5.26 Å². The molecule has 0 aromatic heterocycles. The van der Waals surface area contributed by atoms with Crippen LogP contribution in [0, 0.1) is 11.3 Å². The Labute approximate surface area is 128 Å². The Hall–Kier alpha value is -2.69. The molecule has 1 amide bonds. The lowest BCUT2D eigenvalue weighted by Crippen LogP contribution is -2.19. The summed E-state index contributed by atoms with van der Waals surface area (Å²) < 4.78 is 25.4. The van der Waals surface area contributed by atoms with Gasteiger partial charge in [0.1, 0.15) is 0 Å². The van der Waals surface area contributed by atoms with E-state index < -0.39 is 10.0 Å². The molecule has 0 saturated carbocycles. The van der Waals surface area contributed by atoms with Crippen molar-refractivity contribution in [1.82, 2.24) is 4.72 Å². The number of sulfonamides is 1. The standard InChI is InChI=1S/C15H13N3O3S/c1-17-22(20,21)14-7-5-12(6-8-14)15(19)18-13-4-2-3-11(9-13)10-16/h2-9,17H,1H3,(H,18,19). The van der Waals surface area contributed by atoms with Crippen molar-refractivity contribution in [3.05, 3.63) is 59.7 Å². The molecule has 7 heteroatoms. The molecule has 0 atom stereocenters. The van der Waals surface area contributed by atoms with E-state index >= 15 is 0 Å². The molecule has 2 aromatic carbocycles. The van der Waals surface area contributed by atoms with Crippen LogP contribution in [0.4, 0.5) is 5.69 Å². The van der Waals surface area contributed by atoms with Crippen LogP contribution < -0.4 is 10.0 Å². The van der Waals surface area contributed by atoms with Gasteiger partial charge in [-0.3, -0.25) is 4.79 Å². The normalized spacial score (nSPS) is 10.7. The molecule has 0 radical (unpaired) electrons. The molecule has 0 aliphatic heterocycles. The number of benzene rings is 2. The summed E-state index contributed by atoms with van der Waals surface area (Å²) in [6.45, 7) is 0. The third-order valence-corrected chi connectivity index (χ3v) is 4.38. The third-order valence-electron chi connectivity index (χ3n) is 2.95. The minimum absolute atomic E-state index is 0.0815. The Kier molecular flexibility index (Phi) is 4.56. The van der Waals surface area contributed by atoms with Gasteiger partial charge in [0.25, 0.3) is 5.91 Å². The molecule has 0 saturated heterocycles. The van der Waals surface area contributed by atoms with E-state index in [9.17, 15) is 13.2 Å². The van der Waals surface area contributed by atoms with E-state index in [0.717, 1.165) is 0 Å². The van der Waals surface area contributed by atoms with Crippen molar-refractivity contribution in [3.8, 4) is 6.07 Å². The fourth-order valence-electron chi connectivity index (χ4n) is 1.77. The van der Waals surface area contributed by atoms with Crippen LogP contribution in [0.25, 0.3) is 0 Å². The van der Waals surface area contributed by atoms with Gasteiger partial charge < -0.3 is 5.32 Å². The lowest BCUT2D eigenvalue weighted by atomic mass is 10.2. The average Bonchev–Trinajstić information content (AvgIpc) is 2.55. The van der Waals surface area contributed by atoms with Crippen LogP contribution in [-0.2, 0) is 10.0 Å². The van der Waals surface area contributed by atoms with Gasteiger partial charge in [0.2, 0.25) is 10.0 Å². The van der Waals surface area contributed by atoms with Crippen molar-refractivity contribution >= 4 is 21.6 Å². The van der Waals surface area contributed by atoms with Gasteiger partial charge in [-0.1, -0.05) is 6.07 Å². The number of carbonyl (C=O) groups is 1. The Morgan fingerprint density at radius 2 is 1.82 bits per heavy atom. The number of carbonyl (C=O) groups excluding carboxylic acids is 1. The SMILES string of the molecule is CNS(=O)(=O)c1ccc(C(=O)Nc2cccc(C#N)c2)cc1. The molecule has 2 N–H and O–H groups in total. The highest BCUT2D eigenvalue weighted by Gasteiger charge is 2.12. The zero-order valence-electron chi connectivity index (χ0n) is 11.7. The summed E-state index contributed by atoms with van der Waals surface area (Å²) >= 11 is 0. The molecule has 112 valence electrons. The first-order chi connectivity index (χ1) is 10.5. The maximum Gasteiger partial charge on any atom is 0.255 e. The summed E-state index contributed by atoms with van der Waals surface area (Å²) in [4.78, 5) is 12.2. The second kappa shape index (κ2) is 6.39. The number of nitrogens with zero attached hydrogens (tertiary/aromatic N) is 1. The van der Waals surface area contributed by atoms with Gasteiger partial charge in [0.15, 0.2) is 0 Å². The molecule has 2 aromatic rings. The summed E-state index contributed by atoms with van der Waals surface area (Å²) in [7, 11) is -2.21. The number of rotatable bonds is 4. The van der Waals surface area contributed by atoms with Gasteiger partial charge in [0.05, 0.1) is 16.5 Å². The van der Waals surface area contributed by atoms with Gasteiger partial charge in [-0.2, -0.15) is 5.26 Å². The predicted molar refractivity (Wildman–Crippen MR) is 81.8 cm³/mol. The summed E-state index contributed by atoms with van der Waals surface area (Å²) in [6.07, 6.45) is 0. The number of anilines is 1. The number of nitrogens with one attached hydrogen (secondary N) is 2. The lowest BCUT2D eigenvalue weighted by molar-refractivity contribution is 0.102. The van der Waals surface area contributed by atoms with E-state index in [0.29, 0.717) is 16.8 Å². The summed E-state index contributed by atoms with van der Waals surface area (Å²) in [5.74, 6) is -0.386. The van der Waals surface area contributed by atoms with E-state index in [2.05, 4.69) is 10.0 Å². The Balaban J connectivity index is 2.18. The quantitative estimate of drug-likeness (QED) is 0.897. The molecule has 0 bridgehead atoms. The van der Waals surface area contributed by atoms with Gasteiger partial charge in [-0.05, 0) is 49.5 Å². The highest BCUT2D eigenvalue weighted by atomic mass is 32.2. The van der Waals surface area contributed by atoms with Crippen molar-refractivity contribution in [3.63, 3.8) is 0 Å². The topological polar surface area (TPSA) is 99.1 Å². The Bertz CT molecular complexity index is 837. The average molecular weight is 315 g/mol. The van der Waals surface area contributed by atoms with E-state index in [1.165, 1.54) is 31.3 Å². The Morgan fingerprint density at radius 3 is 2.41 bits per heavy atom. The second-order valence-electron chi connectivity index (χ2n) is 4.38. The first kappa shape index (κ1) is 15.7. The number of nitriles is 1. The summed E-state index contributed by atoms with van der Waals surface area (Å²) in [6, 6.07) is 14.1. The minimum atomic E-state index is -3.53. The highest BCUT2D eigenvalue weighted by molar-refractivity contribution is 7.89. The van der Waals surface area contributed by atoms with Gasteiger partial charge in [0, 0.05) is 11.3 Å². The van der Waals surface area contributed by atoms with Crippen molar-refractivity contribution < 1.29 is 13.2 Å². The largest absolute Gasteiger partial charge is 0.322 e. The molecule has 0 aliphatic rings. The first-order valence-electron chi connectivity index (χ1n) is 6.31. The monoisotopic (exact) mass is 315 g/mol. The maximum absolute atomic E-state index is 12.1. The van der Waals surface area contributed by atoms with Gasteiger partial charge in [-0.15, -0.1) is 0 Å². The fourth-order valence-corrected chi connectivity index (χ4v) is 2.50. The minimum Gasteiger partial charge on any atom is -0.322 e. The van der Waals surface area contributed by atoms with E-state index in [1.807, 2.05) is 6.07 Å². The highest BCUT2D eigenvalue weighted by Crippen LogP contribution is 2.14. The molecule has 0 heterocycles. The maximum atomic E-state index is 12.1. The summed E-state index contributed by atoms with van der Waals surface area (Å²) in [5, 5.41) is 11.5. The van der Waals surface area contributed by atoms with Crippen LogP contribution in [0.15, 0.2) is 53.4 Å². The van der Waals surface area contributed by atoms with E-state index in [-0.39, 0.29) is 10.8 Å². The molecule has 2 rings (SSSR count). The van der Waals surface area contributed by atoms with Crippen molar-refractivity contribution in [2.75, 3.05) is 12.4 Å². The zero-order chi connectivity index (χ0) is 16.2. The molecule has 6 nitrogen and oxygen atoms in total. The smallest absolute Gasteiger partial charge is 0.255 e. The molecular formula is C15H13N3O3S. The van der Waals surface area contributed by atoms with Crippen LogP contribution in [0.2, 0.25) is 0 Å². The zero-order valence-corrected chi connectivity index (χ0v) is 12.5. The second-order valence-corrected chi connectivity index (χ2v) is 6.27. The number of hydrogen-bond acceptors (Lipinski definition) is 4. The summed E-state index contributed by atoms with van der Waals surface area (Å²) in [5.41, 5.74) is 1.25. The van der Waals surface area contributed by atoms with E-state index in [1.54, 1.807) is 24.3 Å². The number of hydrogen-bond donors (Lipinski definition) is 2. The fraction of sp³-hybridized carbons (Fsp3) is 0.0667. The van der Waals surface area contributed by atoms with Crippen molar-refractivity contribution in [2.45, 2.75) is 4.90 Å². The van der Waals surface area contributed by atoms with Crippen LogP contribution in [-0.4, -0.2) is 21.4 Å². The molecule has 0 unspecified atom stereocenters. The molecule has 22 heavy (non-hydrogen) atoms. The molecular weight excluding hydrogens is 302 g/mol. The van der Waals surface area contributed by atoms with Crippen LogP contribution in [0.5, 0.6) is 0 Å². The van der Waals surface area contributed by atoms with Gasteiger partial charge in [-0.25, -0.2) is 13.1 Å². The van der Waals surface area contributed by atoms with Crippen LogP contribution in [0.1, 0.15) is 15.9 Å². The first-order valence-corrected chi connectivity index (χ1v) is 7.80. The van der Waals surface area contributed by atoms with Gasteiger partial charge >= 0.3 is 0 Å². The molecule has 0 spiro atoms. The van der Waals surface area contributed by atoms with Crippen LogP contribution >= 0.6 is 0 Å². The molecule has 0 fully saturated rings. The van der Waals surface area contributed by atoms with Crippen molar-refractivity contribution in [2.24, 2.45) is 0 Å². The predicted octanol–water partition coefficient (Wildman–Crippen LogP) is 1.72. The number of amides is 1.